The van der Waals surface area contributed by atoms with Gasteiger partial charge in [-0.3, -0.25) is 9.69 Å². The highest BCUT2D eigenvalue weighted by molar-refractivity contribution is 5.85. The van der Waals surface area contributed by atoms with Crippen LogP contribution in [0.25, 0.3) is 5.70 Å². The number of aliphatic imine (C=N–C) groups is 1. The van der Waals surface area contributed by atoms with E-state index in [1.807, 2.05) is 0 Å². The van der Waals surface area contributed by atoms with E-state index in [1.165, 1.54) is 44.5 Å². The quantitative estimate of drug-likeness (QED) is 0.353. The van der Waals surface area contributed by atoms with Crippen molar-refractivity contribution in [2.75, 3.05) is 57.8 Å². The lowest BCUT2D eigenvalue weighted by atomic mass is 9.78. The third-order valence-electron chi connectivity index (χ3n) is 6.85. The SMILES string of the molecule is CCOC=O.CN1CC2(CCC(N3CCN(c4cc(F)cnc4/C(N)=C/C=N/C(F)F)CC3)C2)C1. The first-order valence-electron chi connectivity index (χ1n) is 11.9. The summed E-state index contributed by atoms with van der Waals surface area (Å²) in [5.41, 5.74) is 7.72. The van der Waals surface area contributed by atoms with Crippen molar-refractivity contribution >= 4 is 24.1 Å². The van der Waals surface area contributed by atoms with Gasteiger partial charge in [0.2, 0.25) is 0 Å². The number of alkyl halides is 2. The van der Waals surface area contributed by atoms with E-state index in [1.54, 1.807) is 6.92 Å². The second kappa shape index (κ2) is 12.3. The smallest absolute Gasteiger partial charge is 0.331 e. The number of aromatic nitrogens is 1. The number of allylic oxidation sites excluding steroid dienone is 1. The molecule has 3 aliphatic rings. The lowest BCUT2D eigenvalue weighted by Gasteiger charge is -2.47. The first-order chi connectivity index (χ1) is 16.8. The second-order valence-electron chi connectivity index (χ2n) is 9.36. The maximum Gasteiger partial charge on any atom is 0.331 e. The fourth-order valence-corrected chi connectivity index (χ4v) is 5.43. The van der Waals surface area contributed by atoms with Crippen molar-refractivity contribution < 1.29 is 22.7 Å². The molecular weight excluding hydrogens is 461 g/mol. The molecule has 8 nitrogen and oxygen atoms in total. The predicted octanol–water partition coefficient (Wildman–Crippen LogP) is 2.60. The van der Waals surface area contributed by atoms with Crippen LogP contribution in [0, 0.1) is 11.2 Å². The van der Waals surface area contributed by atoms with Gasteiger partial charge < -0.3 is 20.3 Å². The van der Waals surface area contributed by atoms with Gasteiger partial charge in [0.15, 0.2) is 0 Å². The van der Waals surface area contributed by atoms with Gasteiger partial charge in [-0.05, 0) is 44.7 Å². The van der Waals surface area contributed by atoms with Crippen LogP contribution in [-0.4, -0.2) is 93.0 Å². The van der Waals surface area contributed by atoms with E-state index in [-0.39, 0.29) is 5.70 Å². The summed E-state index contributed by atoms with van der Waals surface area (Å²) in [6.45, 7) is 5.60. The third-order valence-corrected chi connectivity index (χ3v) is 6.85. The number of carbonyl (C=O) groups is 1. The van der Waals surface area contributed by atoms with Gasteiger partial charge in [-0.15, -0.1) is 0 Å². The molecule has 3 fully saturated rings. The van der Waals surface area contributed by atoms with Crippen molar-refractivity contribution in [3.8, 4) is 0 Å². The van der Waals surface area contributed by atoms with E-state index in [2.05, 4.69) is 36.5 Å². The fraction of sp³-hybridized carbons (Fsp3) is 0.625. The van der Waals surface area contributed by atoms with Gasteiger partial charge in [-0.1, -0.05) is 0 Å². The number of nitrogens with two attached hydrogens (primary N) is 1. The molecule has 1 unspecified atom stereocenters. The summed E-state index contributed by atoms with van der Waals surface area (Å²) >= 11 is 0. The molecule has 1 aliphatic carbocycles. The van der Waals surface area contributed by atoms with Gasteiger partial charge in [0.1, 0.15) is 11.5 Å². The van der Waals surface area contributed by atoms with Crippen molar-refractivity contribution in [1.29, 1.82) is 0 Å². The molecule has 0 bridgehead atoms. The van der Waals surface area contributed by atoms with E-state index in [0.717, 1.165) is 38.6 Å². The maximum absolute atomic E-state index is 13.9. The molecule has 0 amide bonds. The summed E-state index contributed by atoms with van der Waals surface area (Å²) < 4.78 is 42.5. The lowest BCUT2D eigenvalue weighted by molar-refractivity contribution is -0.128. The van der Waals surface area contributed by atoms with Crippen LogP contribution in [0.4, 0.5) is 18.9 Å². The molecule has 1 aromatic rings. The average molecular weight is 497 g/mol. The Kier molecular flexibility index (Phi) is 9.50. The highest BCUT2D eigenvalue weighted by atomic mass is 19.3. The molecule has 2 N–H and O–H groups in total. The van der Waals surface area contributed by atoms with E-state index >= 15 is 0 Å². The number of ether oxygens (including phenoxy) is 1. The zero-order valence-corrected chi connectivity index (χ0v) is 20.4. The summed E-state index contributed by atoms with van der Waals surface area (Å²) in [6, 6.07) is 2.04. The second-order valence-corrected chi connectivity index (χ2v) is 9.36. The molecule has 0 radical (unpaired) electrons. The van der Waals surface area contributed by atoms with Crippen molar-refractivity contribution in [2.45, 2.75) is 38.8 Å². The summed E-state index contributed by atoms with van der Waals surface area (Å²) in [7, 11) is 2.18. The largest absolute Gasteiger partial charge is 0.468 e. The number of pyridine rings is 1. The van der Waals surface area contributed by atoms with Crippen LogP contribution in [0.2, 0.25) is 0 Å². The fourth-order valence-electron chi connectivity index (χ4n) is 5.43. The highest BCUT2D eigenvalue weighted by Gasteiger charge is 2.48. The molecule has 1 saturated carbocycles. The molecule has 194 valence electrons. The standard InChI is InChI=1S/C21H29F3N6.C3H6O2/c1-28-13-21(14-28)4-2-16(11-21)29-6-8-30(9-7-29)18-10-15(22)12-27-19(18)17(25)3-5-26-20(23)24;1-2-5-3-4/h3,5,10,12,16,20H,2,4,6-9,11,13-14,25H2,1H3;3H,2H2,1H3/b17-3-,26-5+;. The highest BCUT2D eigenvalue weighted by Crippen LogP contribution is 2.46. The van der Waals surface area contributed by atoms with Crippen LogP contribution in [0.15, 0.2) is 23.3 Å². The Morgan fingerprint density at radius 3 is 2.63 bits per heavy atom. The van der Waals surface area contributed by atoms with Crippen LogP contribution >= 0.6 is 0 Å². The van der Waals surface area contributed by atoms with E-state index in [0.29, 0.717) is 35.9 Å². The van der Waals surface area contributed by atoms with Crippen molar-refractivity contribution in [1.82, 2.24) is 14.8 Å². The minimum Gasteiger partial charge on any atom is -0.468 e. The Balaban J connectivity index is 0.000000623. The number of hydrogen-bond donors (Lipinski definition) is 1. The molecule has 2 saturated heterocycles. The summed E-state index contributed by atoms with van der Waals surface area (Å²) in [5.74, 6) is -0.447. The topological polar surface area (TPSA) is 87.3 Å². The van der Waals surface area contributed by atoms with E-state index in [4.69, 9.17) is 5.73 Å². The molecular formula is C24H35F3N6O2. The Morgan fingerprint density at radius 2 is 2.06 bits per heavy atom. The molecule has 0 aromatic carbocycles. The first kappa shape index (κ1) is 26.9. The van der Waals surface area contributed by atoms with E-state index in [9.17, 15) is 18.0 Å². The van der Waals surface area contributed by atoms with Gasteiger partial charge in [0.05, 0.1) is 24.2 Å². The molecule has 1 spiro atoms. The number of nitrogens with zero attached hydrogens (tertiary/aromatic N) is 5. The Labute approximate surface area is 204 Å². The minimum absolute atomic E-state index is 0.184. The zero-order valence-electron chi connectivity index (χ0n) is 20.4. The van der Waals surface area contributed by atoms with Gasteiger partial charge in [0.25, 0.3) is 6.47 Å². The van der Waals surface area contributed by atoms with Gasteiger partial charge >= 0.3 is 6.55 Å². The number of hydrogen-bond acceptors (Lipinski definition) is 8. The van der Waals surface area contributed by atoms with Gasteiger partial charge in [-0.2, -0.15) is 8.78 Å². The number of likely N-dealkylation sites (tertiary alicyclic amines) is 1. The Morgan fingerprint density at radius 1 is 1.34 bits per heavy atom. The van der Waals surface area contributed by atoms with Crippen LogP contribution in [-0.2, 0) is 9.53 Å². The van der Waals surface area contributed by atoms with Crippen molar-refractivity contribution in [3.05, 3.63) is 29.9 Å². The van der Waals surface area contributed by atoms with Crippen LogP contribution < -0.4 is 10.6 Å². The zero-order chi connectivity index (χ0) is 25.4. The van der Waals surface area contributed by atoms with Crippen LogP contribution in [0.3, 0.4) is 0 Å². The van der Waals surface area contributed by atoms with Crippen LogP contribution in [0.5, 0.6) is 0 Å². The number of piperazine rings is 1. The number of carbonyl (C=O) groups excluding carboxylic acids is 1. The van der Waals surface area contributed by atoms with Gasteiger partial charge in [0, 0.05) is 57.6 Å². The Bertz CT molecular complexity index is 899. The maximum atomic E-state index is 13.9. The lowest BCUT2D eigenvalue weighted by Crippen LogP contribution is -2.54. The number of rotatable bonds is 7. The minimum atomic E-state index is -2.79. The van der Waals surface area contributed by atoms with Crippen molar-refractivity contribution in [3.63, 3.8) is 0 Å². The summed E-state index contributed by atoms with van der Waals surface area (Å²) in [4.78, 5) is 23.3. The van der Waals surface area contributed by atoms with Gasteiger partial charge in [-0.25, -0.2) is 14.4 Å². The molecule has 3 heterocycles. The summed E-state index contributed by atoms with van der Waals surface area (Å²) in [5, 5.41) is 0. The first-order valence-corrected chi connectivity index (χ1v) is 11.9. The molecule has 35 heavy (non-hydrogen) atoms. The normalized spacial score (nSPS) is 22.9. The molecule has 4 rings (SSSR count). The molecule has 2 aliphatic heterocycles. The number of halogens is 3. The third kappa shape index (κ3) is 7.17. The Hall–Kier alpha value is -2.66. The molecule has 1 aromatic heterocycles. The average Bonchev–Trinajstić information content (AvgIpc) is 3.25. The predicted molar refractivity (Wildman–Crippen MR) is 130 cm³/mol. The molecule has 11 heteroatoms. The monoisotopic (exact) mass is 496 g/mol. The summed E-state index contributed by atoms with van der Waals surface area (Å²) in [6.07, 6.45) is 7.15. The number of anilines is 1. The van der Waals surface area contributed by atoms with Crippen LogP contribution in [0.1, 0.15) is 31.9 Å². The molecule has 1 atom stereocenters. The van der Waals surface area contributed by atoms with Crippen molar-refractivity contribution in [2.24, 2.45) is 16.1 Å². The van der Waals surface area contributed by atoms with E-state index < -0.39 is 12.4 Å².